The van der Waals surface area contributed by atoms with Crippen molar-refractivity contribution in [3.63, 3.8) is 0 Å². The smallest absolute Gasteiger partial charge is 0.128 e. The van der Waals surface area contributed by atoms with Crippen LogP contribution in [0.3, 0.4) is 0 Å². The predicted molar refractivity (Wildman–Crippen MR) is 77.3 cm³/mol. The normalized spacial score (nSPS) is 15.4. The molecule has 0 aliphatic carbocycles. The summed E-state index contributed by atoms with van der Waals surface area (Å²) in [5, 5.41) is 0. The van der Waals surface area contributed by atoms with E-state index in [4.69, 9.17) is 0 Å². The van der Waals surface area contributed by atoms with Crippen molar-refractivity contribution >= 4 is 5.82 Å². The van der Waals surface area contributed by atoms with Gasteiger partial charge < -0.3 is 9.47 Å². The minimum absolute atomic E-state index is 0.413. The van der Waals surface area contributed by atoms with Crippen molar-refractivity contribution in [1.29, 1.82) is 0 Å². The van der Waals surface area contributed by atoms with Gasteiger partial charge in [0.2, 0.25) is 0 Å². The summed E-state index contributed by atoms with van der Waals surface area (Å²) in [4.78, 5) is 11.2. The lowest BCUT2D eigenvalue weighted by molar-refractivity contribution is 0.605. The first-order valence-electron chi connectivity index (χ1n) is 6.99. The number of anilines is 1. The van der Waals surface area contributed by atoms with Crippen LogP contribution < -0.4 is 4.90 Å². The quantitative estimate of drug-likeness (QED) is 0.846. The van der Waals surface area contributed by atoms with E-state index in [-0.39, 0.29) is 0 Å². The van der Waals surface area contributed by atoms with E-state index in [1.165, 1.54) is 12.8 Å². The summed E-state index contributed by atoms with van der Waals surface area (Å²) in [6.07, 6.45) is 8.32. The number of rotatable bonds is 3. The molecule has 2 aromatic heterocycles. The van der Waals surface area contributed by atoms with Gasteiger partial charge in [-0.3, -0.25) is 0 Å². The minimum atomic E-state index is 0.413. The highest BCUT2D eigenvalue weighted by Gasteiger charge is 2.14. The SMILES string of the molecule is CC(C)n1cncc1-c1ccc(N2CCCC2)nc1. The molecule has 0 N–H and O–H groups in total. The van der Waals surface area contributed by atoms with Crippen LogP contribution >= 0.6 is 0 Å². The molecular weight excluding hydrogens is 236 g/mol. The van der Waals surface area contributed by atoms with Crippen molar-refractivity contribution in [2.75, 3.05) is 18.0 Å². The van der Waals surface area contributed by atoms with E-state index in [2.05, 4.69) is 45.4 Å². The maximum atomic E-state index is 4.60. The van der Waals surface area contributed by atoms with Crippen molar-refractivity contribution in [1.82, 2.24) is 14.5 Å². The molecule has 2 aromatic rings. The molecule has 3 rings (SSSR count). The van der Waals surface area contributed by atoms with Crippen molar-refractivity contribution in [2.24, 2.45) is 0 Å². The van der Waals surface area contributed by atoms with Gasteiger partial charge in [-0.1, -0.05) is 0 Å². The highest BCUT2D eigenvalue weighted by molar-refractivity contribution is 5.60. The van der Waals surface area contributed by atoms with Gasteiger partial charge in [-0.2, -0.15) is 0 Å². The van der Waals surface area contributed by atoms with E-state index in [9.17, 15) is 0 Å². The zero-order valence-electron chi connectivity index (χ0n) is 11.6. The molecule has 0 aromatic carbocycles. The highest BCUT2D eigenvalue weighted by Crippen LogP contribution is 2.24. The Bertz CT molecular complexity index is 536. The molecule has 3 heterocycles. The van der Waals surface area contributed by atoms with Crippen molar-refractivity contribution < 1.29 is 0 Å². The van der Waals surface area contributed by atoms with Crippen LogP contribution in [0.2, 0.25) is 0 Å². The Morgan fingerprint density at radius 1 is 1.11 bits per heavy atom. The lowest BCUT2D eigenvalue weighted by Gasteiger charge is -2.17. The standard InChI is InChI=1S/C15H20N4/c1-12(2)19-11-16-10-14(19)13-5-6-15(17-9-13)18-7-3-4-8-18/h5-6,9-12H,3-4,7-8H2,1-2H3. The number of aromatic nitrogens is 3. The van der Waals surface area contributed by atoms with Crippen molar-refractivity contribution in [2.45, 2.75) is 32.7 Å². The first kappa shape index (κ1) is 12.2. The molecule has 4 heteroatoms. The summed E-state index contributed by atoms with van der Waals surface area (Å²) in [5.41, 5.74) is 2.27. The molecular formula is C15H20N4. The van der Waals surface area contributed by atoms with E-state index in [0.29, 0.717) is 6.04 Å². The van der Waals surface area contributed by atoms with E-state index in [0.717, 1.165) is 30.2 Å². The molecule has 1 fully saturated rings. The second-order valence-corrected chi connectivity index (χ2v) is 5.38. The molecule has 0 spiro atoms. The molecule has 1 aliphatic rings. The maximum absolute atomic E-state index is 4.60. The Labute approximate surface area is 114 Å². The summed E-state index contributed by atoms with van der Waals surface area (Å²) in [6.45, 7) is 6.60. The summed E-state index contributed by atoms with van der Waals surface area (Å²) >= 11 is 0. The van der Waals surface area contributed by atoms with Crippen molar-refractivity contribution in [3.8, 4) is 11.3 Å². The number of imidazole rings is 1. The molecule has 0 radical (unpaired) electrons. The zero-order valence-corrected chi connectivity index (χ0v) is 11.6. The average Bonchev–Trinajstić information content (AvgIpc) is 3.10. The fourth-order valence-electron chi connectivity index (χ4n) is 2.61. The number of nitrogens with zero attached hydrogens (tertiary/aromatic N) is 4. The minimum Gasteiger partial charge on any atom is -0.357 e. The average molecular weight is 256 g/mol. The van der Waals surface area contributed by atoms with E-state index in [1.54, 1.807) is 0 Å². The van der Waals surface area contributed by atoms with Gasteiger partial charge in [-0.15, -0.1) is 0 Å². The summed E-state index contributed by atoms with van der Waals surface area (Å²) in [5.74, 6) is 1.09. The lowest BCUT2D eigenvalue weighted by Crippen LogP contribution is -2.18. The van der Waals surface area contributed by atoms with Crippen LogP contribution in [0, 0.1) is 0 Å². The van der Waals surface area contributed by atoms with Gasteiger partial charge in [0.05, 0.1) is 18.2 Å². The first-order valence-corrected chi connectivity index (χ1v) is 6.99. The molecule has 0 atom stereocenters. The Kier molecular flexibility index (Phi) is 3.23. The molecule has 4 nitrogen and oxygen atoms in total. The fourth-order valence-corrected chi connectivity index (χ4v) is 2.61. The molecule has 0 saturated carbocycles. The van der Waals surface area contributed by atoms with Gasteiger partial charge in [0.25, 0.3) is 0 Å². The van der Waals surface area contributed by atoms with E-state index in [1.807, 2.05) is 18.7 Å². The molecule has 0 amide bonds. The molecule has 100 valence electrons. The number of pyridine rings is 1. The number of hydrogen-bond donors (Lipinski definition) is 0. The van der Waals surface area contributed by atoms with Gasteiger partial charge in [-0.05, 0) is 38.8 Å². The predicted octanol–water partition coefficient (Wildman–Crippen LogP) is 3.13. The Morgan fingerprint density at radius 3 is 2.53 bits per heavy atom. The maximum Gasteiger partial charge on any atom is 0.128 e. The third-order valence-corrected chi connectivity index (χ3v) is 3.70. The largest absolute Gasteiger partial charge is 0.357 e. The van der Waals surface area contributed by atoms with Crippen LogP contribution in [-0.2, 0) is 0 Å². The van der Waals surface area contributed by atoms with Crippen molar-refractivity contribution in [3.05, 3.63) is 30.9 Å². The van der Waals surface area contributed by atoms with Crippen LogP contribution in [0.5, 0.6) is 0 Å². The monoisotopic (exact) mass is 256 g/mol. The van der Waals surface area contributed by atoms with Crippen LogP contribution in [0.4, 0.5) is 5.82 Å². The first-order chi connectivity index (χ1) is 9.25. The summed E-state index contributed by atoms with van der Waals surface area (Å²) < 4.78 is 2.17. The van der Waals surface area contributed by atoms with Gasteiger partial charge in [0.15, 0.2) is 0 Å². The zero-order chi connectivity index (χ0) is 13.2. The van der Waals surface area contributed by atoms with Crippen LogP contribution in [0.15, 0.2) is 30.9 Å². The van der Waals surface area contributed by atoms with Gasteiger partial charge >= 0.3 is 0 Å². The van der Waals surface area contributed by atoms with Crippen LogP contribution in [0.25, 0.3) is 11.3 Å². The lowest BCUT2D eigenvalue weighted by atomic mass is 10.2. The van der Waals surface area contributed by atoms with Gasteiger partial charge in [0, 0.05) is 30.9 Å². The molecule has 19 heavy (non-hydrogen) atoms. The Morgan fingerprint density at radius 2 is 1.89 bits per heavy atom. The van der Waals surface area contributed by atoms with Crippen LogP contribution in [0.1, 0.15) is 32.7 Å². The Hall–Kier alpha value is -1.84. The molecule has 0 unspecified atom stereocenters. The molecule has 0 bridgehead atoms. The van der Waals surface area contributed by atoms with Crippen LogP contribution in [-0.4, -0.2) is 27.6 Å². The fraction of sp³-hybridized carbons (Fsp3) is 0.467. The summed E-state index contributed by atoms with van der Waals surface area (Å²) in [7, 11) is 0. The van der Waals surface area contributed by atoms with E-state index >= 15 is 0 Å². The van der Waals surface area contributed by atoms with Gasteiger partial charge in [0.1, 0.15) is 5.82 Å². The Balaban J connectivity index is 1.87. The second kappa shape index (κ2) is 5.03. The second-order valence-electron chi connectivity index (χ2n) is 5.38. The molecule has 1 saturated heterocycles. The third-order valence-electron chi connectivity index (χ3n) is 3.70. The third kappa shape index (κ3) is 2.35. The highest BCUT2D eigenvalue weighted by atomic mass is 15.2. The topological polar surface area (TPSA) is 34.0 Å². The molecule has 1 aliphatic heterocycles. The summed E-state index contributed by atoms with van der Waals surface area (Å²) in [6, 6.07) is 4.69. The van der Waals surface area contributed by atoms with Gasteiger partial charge in [-0.25, -0.2) is 9.97 Å². The number of hydrogen-bond acceptors (Lipinski definition) is 3. The van der Waals surface area contributed by atoms with E-state index < -0.39 is 0 Å².